The largest absolute Gasteiger partial charge is 0.493 e. The van der Waals surface area contributed by atoms with E-state index in [-0.39, 0.29) is 23.9 Å². The number of ether oxygens (including phenoxy) is 4. The average Bonchev–Trinajstić information content (AvgIpc) is 3.23. The Hall–Kier alpha value is -5.84. The molecular formula is C46H50N4O6. The van der Waals surface area contributed by atoms with Crippen molar-refractivity contribution in [2.75, 3.05) is 66.3 Å². The number of amides is 2. The van der Waals surface area contributed by atoms with Crippen LogP contribution in [0.15, 0.2) is 97.1 Å². The monoisotopic (exact) mass is 754 g/mol. The van der Waals surface area contributed by atoms with Gasteiger partial charge in [0.05, 0.1) is 28.4 Å². The Bertz CT molecular complexity index is 2060. The summed E-state index contributed by atoms with van der Waals surface area (Å²) in [6.45, 7) is 1.82. The van der Waals surface area contributed by atoms with Crippen LogP contribution in [-0.2, 0) is 25.7 Å². The molecule has 2 amide bonds. The highest BCUT2D eigenvalue weighted by Crippen LogP contribution is 2.41. The summed E-state index contributed by atoms with van der Waals surface area (Å²) in [6, 6.07) is 31.1. The number of carbonyl (C=O) groups excluding carboxylic acids is 2. The van der Waals surface area contributed by atoms with Crippen molar-refractivity contribution in [1.29, 1.82) is 0 Å². The van der Waals surface area contributed by atoms with Gasteiger partial charge in [-0.2, -0.15) is 0 Å². The minimum atomic E-state index is -0.246. The lowest BCUT2D eigenvalue weighted by atomic mass is 9.88. The fourth-order valence-corrected chi connectivity index (χ4v) is 8.06. The van der Waals surface area contributed by atoms with Gasteiger partial charge in [-0.25, -0.2) is 0 Å². The van der Waals surface area contributed by atoms with E-state index in [0.29, 0.717) is 35.5 Å². The molecule has 5 aromatic carbocycles. The molecule has 7 rings (SSSR count). The number of anilines is 2. The van der Waals surface area contributed by atoms with E-state index in [0.717, 1.165) is 59.9 Å². The Kier molecular flexibility index (Phi) is 11.6. The van der Waals surface area contributed by atoms with Crippen LogP contribution in [-0.4, -0.2) is 77.2 Å². The highest BCUT2D eigenvalue weighted by Gasteiger charge is 2.29. The van der Waals surface area contributed by atoms with Gasteiger partial charge >= 0.3 is 0 Å². The Morgan fingerprint density at radius 1 is 0.554 bits per heavy atom. The number of benzene rings is 5. The van der Waals surface area contributed by atoms with Crippen LogP contribution in [0.1, 0.15) is 66.2 Å². The first-order valence-corrected chi connectivity index (χ1v) is 19.0. The SMILES string of the molecule is COc1cc2c(cc1OC)[C@@H](Cc1ccccc1NC(=O)c1ccc(C(=O)Nc3ccccc3C[C@H]3c4cc(OC)c(OC)cc4CCN3C)cc1)N(C)CC2. The van der Waals surface area contributed by atoms with Crippen LogP contribution in [0.25, 0.3) is 0 Å². The molecule has 290 valence electrons. The molecule has 0 unspecified atom stereocenters. The summed E-state index contributed by atoms with van der Waals surface area (Å²) in [5, 5.41) is 6.27. The number of carbonyl (C=O) groups is 2. The predicted molar refractivity (Wildman–Crippen MR) is 220 cm³/mol. The third-order valence-corrected chi connectivity index (χ3v) is 11.3. The Morgan fingerprint density at radius 3 is 1.29 bits per heavy atom. The molecule has 2 aliphatic heterocycles. The van der Waals surface area contributed by atoms with E-state index in [1.807, 2.05) is 36.4 Å². The molecule has 0 spiro atoms. The van der Waals surface area contributed by atoms with Gasteiger partial charge < -0.3 is 29.6 Å². The molecule has 0 fully saturated rings. The quantitative estimate of drug-likeness (QED) is 0.133. The molecule has 10 nitrogen and oxygen atoms in total. The van der Waals surface area contributed by atoms with E-state index in [1.54, 1.807) is 52.7 Å². The molecule has 2 heterocycles. The van der Waals surface area contributed by atoms with Gasteiger partial charge in [-0.3, -0.25) is 19.4 Å². The lowest BCUT2D eigenvalue weighted by Crippen LogP contribution is -2.33. The van der Waals surface area contributed by atoms with Gasteiger partial charge in [0.2, 0.25) is 0 Å². The summed E-state index contributed by atoms with van der Waals surface area (Å²) in [6.07, 6.45) is 3.23. The van der Waals surface area contributed by atoms with Crippen molar-refractivity contribution in [1.82, 2.24) is 9.80 Å². The van der Waals surface area contributed by atoms with Gasteiger partial charge in [-0.05, 0) is 134 Å². The number of hydrogen-bond donors (Lipinski definition) is 2. The zero-order valence-electron chi connectivity index (χ0n) is 33.0. The summed E-state index contributed by atoms with van der Waals surface area (Å²) >= 11 is 0. The van der Waals surface area contributed by atoms with Gasteiger partial charge in [-0.15, -0.1) is 0 Å². The maximum Gasteiger partial charge on any atom is 0.255 e. The predicted octanol–water partition coefficient (Wildman–Crippen LogP) is 7.77. The van der Waals surface area contributed by atoms with E-state index in [1.165, 1.54) is 22.3 Å². The molecule has 10 heteroatoms. The number of rotatable bonds is 12. The van der Waals surface area contributed by atoms with Crippen molar-refractivity contribution in [3.63, 3.8) is 0 Å². The molecule has 0 aromatic heterocycles. The van der Waals surface area contributed by atoms with E-state index in [4.69, 9.17) is 18.9 Å². The highest BCUT2D eigenvalue weighted by molar-refractivity contribution is 6.07. The lowest BCUT2D eigenvalue weighted by Gasteiger charge is -2.35. The maximum atomic E-state index is 13.6. The molecule has 5 aromatic rings. The van der Waals surface area contributed by atoms with Gasteiger partial charge in [0.1, 0.15) is 0 Å². The second kappa shape index (κ2) is 16.9. The number of likely N-dealkylation sites (N-methyl/N-ethyl adjacent to an activating group) is 2. The molecule has 0 radical (unpaired) electrons. The second-order valence-electron chi connectivity index (χ2n) is 14.5. The van der Waals surface area contributed by atoms with Crippen molar-refractivity contribution < 1.29 is 28.5 Å². The number of para-hydroxylation sites is 2. The van der Waals surface area contributed by atoms with Crippen molar-refractivity contribution >= 4 is 23.2 Å². The number of nitrogens with zero attached hydrogens (tertiary/aromatic N) is 2. The zero-order valence-corrected chi connectivity index (χ0v) is 33.0. The molecule has 0 saturated heterocycles. The van der Waals surface area contributed by atoms with Gasteiger partial charge in [0.15, 0.2) is 23.0 Å². The van der Waals surface area contributed by atoms with Gasteiger partial charge in [0.25, 0.3) is 11.8 Å². The zero-order chi connectivity index (χ0) is 39.3. The number of fused-ring (bicyclic) bond motifs is 2. The molecule has 0 aliphatic carbocycles. The lowest BCUT2D eigenvalue weighted by molar-refractivity contribution is 0.101. The van der Waals surface area contributed by atoms with E-state index in [2.05, 4.69) is 70.9 Å². The fraction of sp³-hybridized carbons (Fsp3) is 0.304. The highest BCUT2D eigenvalue weighted by atomic mass is 16.5. The van der Waals surface area contributed by atoms with Gasteiger partial charge in [-0.1, -0.05) is 36.4 Å². The minimum absolute atomic E-state index is 0.0894. The number of nitrogens with one attached hydrogen (secondary N) is 2. The van der Waals surface area contributed by atoms with Crippen LogP contribution in [0.2, 0.25) is 0 Å². The Labute approximate surface area is 329 Å². The molecule has 2 atom stereocenters. The fourth-order valence-electron chi connectivity index (χ4n) is 8.06. The second-order valence-corrected chi connectivity index (χ2v) is 14.5. The van der Waals surface area contributed by atoms with Crippen LogP contribution in [0, 0.1) is 0 Å². The summed E-state index contributed by atoms with van der Waals surface area (Å²) in [5.41, 5.74) is 9.34. The summed E-state index contributed by atoms with van der Waals surface area (Å²) in [4.78, 5) is 31.9. The van der Waals surface area contributed by atoms with Crippen molar-refractivity contribution in [3.05, 3.63) is 142 Å². The van der Waals surface area contributed by atoms with Crippen molar-refractivity contribution in [2.24, 2.45) is 0 Å². The van der Waals surface area contributed by atoms with E-state index < -0.39 is 0 Å². The first kappa shape index (κ1) is 38.4. The van der Waals surface area contributed by atoms with Crippen molar-refractivity contribution in [2.45, 2.75) is 37.8 Å². The first-order valence-electron chi connectivity index (χ1n) is 19.0. The van der Waals surface area contributed by atoms with Crippen molar-refractivity contribution in [3.8, 4) is 23.0 Å². The third-order valence-electron chi connectivity index (χ3n) is 11.3. The van der Waals surface area contributed by atoms with Crippen LogP contribution in [0.3, 0.4) is 0 Å². The van der Waals surface area contributed by atoms with E-state index in [9.17, 15) is 9.59 Å². The van der Waals surface area contributed by atoms with E-state index >= 15 is 0 Å². The topological polar surface area (TPSA) is 102 Å². The molecular weight excluding hydrogens is 705 g/mol. The van der Waals surface area contributed by atoms with Crippen LogP contribution >= 0.6 is 0 Å². The minimum Gasteiger partial charge on any atom is -0.493 e. The van der Waals surface area contributed by atoms with Crippen LogP contribution < -0.4 is 29.6 Å². The van der Waals surface area contributed by atoms with Crippen LogP contribution in [0.4, 0.5) is 11.4 Å². The smallest absolute Gasteiger partial charge is 0.255 e. The van der Waals surface area contributed by atoms with Crippen LogP contribution in [0.5, 0.6) is 23.0 Å². The van der Waals surface area contributed by atoms with Gasteiger partial charge in [0, 0.05) is 47.7 Å². The first-order chi connectivity index (χ1) is 27.2. The summed E-state index contributed by atoms with van der Waals surface area (Å²) in [7, 11) is 10.9. The molecule has 0 saturated carbocycles. The summed E-state index contributed by atoms with van der Waals surface area (Å²) < 4.78 is 22.4. The normalized spacial score (nSPS) is 16.6. The number of methoxy groups -OCH3 is 4. The Morgan fingerprint density at radius 2 is 0.911 bits per heavy atom. The average molecular weight is 755 g/mol. The summed E-state index contributed by atoms with van der Waals surface area (Å²) in [5.74, 6) is 2.38. The maximum absolute atomic E-state index is 13.6. The molecule has 2 N–H and O–H groups in total. The number of hydrogen-bond acceptors (Lipinski definition) is 8. The molecule has 0 bridgehead atoms. The third kappa shape index (κ3) is 7.94. The Balaban J connectivity index is 1.04. The molecule has 2 aliphatic rings. The standard InChI is InChI=1S/C46H50N4O6/c1-49-21-19-31-25-41(53-3)43(55-5)27-35(31)39(49)23-33-11-7-9-13-37(33)47-45(51)29-15-17-30(18-16-29)46(52)48-38-14-10-8-12-34(38)24-40-36-28-44(56-6)42(54-4)26-32(36)20-22-50(40)2/h7-18,25-28,39-40H,19-24H2,1-6H3,(H,47,51)(H,48,52)/t39-,40+. The molecule has 56 heavy (non-hydrogen) atoms.